The summed E-state index contributed by atoms with van der Waals surface area (Å²) in [6.45, 7) is 5.09. The van der Waals surface area contributed by atoms with Crippen molar-refractivity contribution >= 4 is 12.1 Å². The molecule has 1 aliphatic rings. The standard InChI is InChI=1S/C17H20F3NO4/c1-16(2,3)25-15(24)21-9-11(8-13(21)14(22)23)10-4-6-12(7-5-10)17(18,19)20/h4-7,11,13H,8-9H2,1-3H3,(H,22,23)/t11-,13+/m0/s1. The average Bonchev–Trinajstić information content (AvgIpc) is 2.90. The summed E-state index contributed by atoms with van der Waals surface area (Å²) in [4.78, 5) is 24.8. The van der Waals surface area contributed by atoms with E-state index in [2.05, 4.69) is 0 Å². The van der Waals surface area contributed by atoms with Crippen molar-refractivity contribution in [1.82, 2.24) is 4.90 Å². The lowest BCUT2D eigenvalue weighted by Gasteiger charge is -2.26. The molecule has 0 aromatic heterocycles. The van der Waals surface area contributed by atoms with Crippen molar-refractivity contribution in [2.24, 2.45) is 0 Å². The highest BCUT2D eigenvalue weighted by Gasteiger charge is 2.42. The number of benzene rings is 1. The Morgan fingerprint density at radius 2 is 1.72 bits per heavy atom. The minimum atomic E-state index is -4.43. The van der Waals surface area contributed by atoms with E-state index in [1.807, 2.05) is 0 Å². The molecule has 1 aromatic carbocycles. The van der Waals surface area contributed by atoms with Crippen LogP contribution in [0, 0.1) is 0 Å². The highest BCUT2D eigenvalue weighted by Crippen LogP contribution is 2.35. The largest absolute Gasteiger partial charge is 0.480 e. The van der Waals surface area contributed by atoms with E-state index in [-0.39, 0.29) is 18.9 Å². The third-order valence-corrected chi connectivity index (χ3v) is 3.92. The Labute approximate surface area is 143 Å². The molecule has 0 bridgehead atoms. The van der Waals surface area contributed by atoms with E-state index < -0.39 is 35.4 Å². The number of carbonyl (C=O) groups excluding carboxylic acids is 1. The monoisotopic (exact) mass is 359 g/mol. The second kappa shape index (κ2) is 6.57. The third-order valence-electron chi connectivity index (χ3n) is 3.92. The maximum absolute atomic E-state index is 12.6. The van der Waals surface area contributed by atoms with Gasteiger partial charge in [-0.25, -0.2) is 9.59 Å². The molecule has 1 N–H and O–H groups in total. The fourth-order valence-corrected chi connectivity index (χ4v) is 2.78. The van der Waals surface area contributed by atoms with Gasteiger partial charge < -0.3 is 9.84 Å². The number of likely N-dealkylation sites (tertiary alicyclic amines) is 1. The smallest absolute Gasteiger partial charge is 0.416 e. The number of hydrogen-bond donors (Lipinski definition) is 1. The first kappa shape index (κ1) is 19.1. The number of carboxylic acid groups (broad SMARTS) is 1. The third kappa shape index (κ3) is 4.64. The zero-order valence-corrected chi connectivity index (χ0v) is 14.1. The van der Waals surface area contributed by atoms with Crippen LogP contribution < -0.4 is 0 Å². The maximum atomic E-state index is 12.6. The van der Waals surface area contributed by atoms with Crippen molar-refractivity contribution in [2.45, 2.75) is 50.9 Å². The molecule has 0 saturated carbocycles. The summed E-state index contributed by atoms with van der Waals surface area (Å²) in [5.41, 5.74) is -0.981. The fourth-order valence-electron chi connectivity index (χ4n) is 2.78. The van der Waals surface area contributed by atoms with Gasteiger partial charge in [-0.15, -0.1) is 0 Å². The van der Waals surface area contributed by atoms with Crippen LogP contribution in [-0.4, -0.2) is 40.3 Å². The predicted octanol–water partition coefficient (Wildman–Crippen LogP) is 3.88. The normalized spacial score (nSPS) is 21.3. The van der Waals surface area contributed by atoms with Gasteiger partial charge in [0.15, 0.2) is 0 Å². The van der Waals surface area contributed by atoms with Gasteiger partial charge in [0.2, 0.25) is 0 Å². The van der Waals surface area contributed by atoms with Crippen molar-refractivity contribution < 1.29 is 32.6 Å². The SMILES string of the molecule is CC(C)(C)OC(=O)N1C[C@@H](c2ccc(C(F)(F)F)cc2)C[C@@H]1C(=O)O. The number of rotatable bonds is 2. The first-order valence-corrected chi connectivity index (χ1v) is 7.78. The molecule has 5 nitrogen and oxygen atoms in total. The van der Waals surface area contributed by atoms with E-state index in [4.69, 9.17) is 4.74 Å². The van der Waals surface area contributed by atoms with E-state index in [9.17, 15) is 27.9 Å². The molecule has 1 amide bonds. The van der Waals surface area contributed by atoms with Crippen molar-refractivity contribution in [2.75, 3.05) is 6.54 Å². The van der Waals surface area contributed by atoms with Gasteiger partial charge >= 0.3 is 18.2 Å². The molecule has 1 heterocycles. The van der Waals surface area contributed by atoms with Crippen molar-refractivity contribution in [3.63, 3.8) is 0 Å². The minimum absolute atomic E-state index is 0.0806. The predicted molar refractivity (Wildman–Crippen MR) is 83.2 cm³/mol. The summed E-state index contributed by atoms with van der Waals surface area (Å²) in [5.74, 6) is -1.53. The van der Waals surface area contributed by atoms with Gasteiger partial charge in [-0.2, -0.15) is 13.2 Å². The van der Waals surface area contributed by atoms with Crippen molar-refractivity contribution in [3.05, 3.63) is 35.4 Å². The molecular formula is C17H20F3NO4. The molecule has 25 heavy (non-hydrogen) atoms. The van der Waals surface area contributed by atoms with Gasteiger partial charge in [0.25, 0.3) is 0 Å². The van der Waals surface area contributed by atoms with E-state index in [0.29, 0.717) is 5.56 Å². The number of carbonyl (C=O) groups is 2. The summed E-state index contributed by atoms with van der Waals surface area (Å²) in [6.07, 6.45) is -5.05. The van der Waals surface area contributed by atoms with Crippen LogP contribution in [0.15, 0.2) is 24.3 Å². The number of alkyl halides is 3. The number of aliphatic carboxylic acids is 1. The van der Waals surface area contributed by atoms with Crippen molar-refractivity contribution in [3.8, 4) is 0 Å². The topological polar surface area (TPSA) is 66.8 Å². The number of nitrogens with zero attached hydrogens (tertiary/aromatic N) is 1. The molecule has 0 unspecified atom stereocenters. The van der Waals surface area contributed by atoms with Crippen LogP contribution in [0.1, 0.15) is 44.2 Å². The molecule has 0 spiro atoms. The molecule has 0 radical (unpaired) electrons. The van der Waals surface area contributed by atoms with Crippen LogP contribution >= 0.6 is 0 Å². The van der Waals surface area contributed by atoms with Crippen LogP contribution in [0.5, 0.6) is 0 Å². The van der Waals surface area contributed by atoms with Crippen LogP contribution in [0.2, 0.25) is 0 Å². The Balaban J connectivity index is 2.19. The van der Waals surface area contributed by atoms with E-state index >= 15 is 0 Å². The highest BCUT2D eigenvalue weighted by molar-refractivity contribution is 5.81. The minimum Gasteiger partial charge on any atom is -0.480 e. The second-order valence-corrected chi connectivity index (χ2v) is 7.04. The number of amides is 1. The number of halogens is 3. The van der Waals surface area contributed by atoms with E-state index in [0.717, 1.165) is 17.0 Å². The lowest BCUT2D eigenvalue weighted by Crippen LogP contribution is -2.43. The van der Waals surface area contributed by atoms with E-state index in [1.54, 1.807) is 20.8 Å². The average molecular weight is 359 g/mol. The highest BCUT2D eigenvalue weighted by atomic mass is 19.4. The molecule has 2 rings (SSSR count). The zero-order valence-electron chi connectivity index (χ0n) is 14.1. The summed E-state index contributed by atoms with van der Waals surface area (Å²) >= 11 is 0. The number of ether oxygens (including phenoxy) is 1. The molecule has 1 aromatic rings. The first-order chi connectivity index (χ1) is 11.4. The van der Waals surface area contributed by atoms with Gasteiger partial charge in [0, 0.05) is 12.5 Å². The maximum Gasteiger partial charge on any atom is 0.416 e. The Hall–Kier alpha value is -2.25. The summed E-state index contributed by atoms with van der Waals surface area (Å²) in [7, 11) is 0. The van der Waals surface area contributed by atoms with E-state index in [1.165, 1.54) is 12.1 Å². The Bertz CT molecular complexity index is 649. The molecule has 0 aliphatic carbocycles. The molecule has 1 fully saturated rings. The fraction of sp³-hybridized carbons (Fsp3) is 0.529. The lowest BCUT2D eigenvalue weighted by molar-refractivity contribution is -0.142. The van der Waals surface area contributed by atoms with Gasteiger partial charge in [0.05, 0.1) is 5.56 Å². The van der Waals surface area contributed by atoms with Gasteiger partial charge in [0.1, 0.15) is 11.6 Å². The lowest BCUT2D eigenvalue weighted by atomic mass is 9.95. The Kier molecular flexibility index (Phi) is 5.02. The van der Waals surface area contributed by atoms with Crippen molar-refractivity contribution in [1.29, 1.82) is 0 Å². The molecule has 8 heteroatoms. The molecule has 1 saturated heterocycles. The van der Waals surface area contributed by atoms with Crippen LogP contribution in [0.3, 0.4) is 0 Å². The van der Waals surface area contributed by atoms with Crippen LogP contribution in [-0.2, 0) is 15.7 Å². The Morgan fingerprint density at radius 3 is 2.16 bits per heavy atom. The van der Waals surface area contributed by atoms with Gasteiger partial charge in [-0.1, -0.05) is 12.1 Å². The summed E-state index contributed by atoms with van der Waals surface area (Å²) in [6, 6.07) is 3.50. The molecule has 1 aliphatic heterocycles. The number of carboxylic acids is 1. The quantitative estimate of drug-likeness (QED) is 0.870. The first-order valence-electron chi connectivity index (χ1n) is 7.78. The van der Waals surface area contributed by atoms with Crippen LogP contribution in [0.4, 0.5) is 18.0 Å². The summed E-state index contributed by atoms with van der Waals surface area (Å²) in [5, 5.41) is 9.35. The van der Waals surface area contributed by atoms with Gasteiger partial charge in [-0.3, -0.25) is 4.90 Å². The molecule has 2 atom stereocenters. The van der Waals surface area contributed by atoms with Crippen LogP contribution in [0.25, 0.3) is 0 Å². The molecule has 138 valence electrons. The van der Waals surface area contributed by atoms with Gasteiger partial charge in [-0.05, 0) is 44.9 Å². The molecular weight excluding hydrogens is 339 g/mol. The summed E-state index contributed by atoms with van der Waals surface area (Å²) < 4.78 is 43.2. The number of hydrogen-bond acceptors (Lipinski definition) is 3. The second-order valence-electron chi connectivity index (χ2n) is 7.04. The zero-order chi connectivity index (χ0) is 19.0. The Morgan fingerprint density at radius 1 is 1.16 bits per heavy atom.